The highest BCUT2D eigenvalue weighted by Gasteiger charge is 2.06. The zero-order valence-corrected chi connectivity index (χ0v) is 11.7. The molecule has 0 N–H and O–H groups in total. The Balaban J connectivity index is 3.23. The molecule has 0 aliphatic heterocycles. The number of allylic oxidation sites excluding steroid dienone is 2. The number of nitrogens with zero attached hydrogens (tertiary/aromatic N) is 1. The molecule has 0 saturated carbocycles. The summed E-state index contributed by atoms with van der Waals surface area (Å²) in [7, 11) is 1.76. The lowest BCUT2D eigenvalue weighted by molar-refractivity contribution is -0.112. The van der Waals surface area contributed by atoms with Gasteiger partial charge in [-0.15, -0.1) is 0 Å². The van der Waals surface area contributed by atoms with Crippen LogP contribution in [-0.4, -0.2) is 18.5 Å². The second-order valence-electron chi connectivity index (χ2n) is 4.25. The quantitative estimate of drug-likeness (QED) is 0.576. The van der Waals surface area contributed by atoms with Gasteiger partial charge in [-0.25, -0.2) is 0 Å². The van der Waals surface area contributed by atoms with Crippen molar-refractivity contribution in [3.63, 3.8) is 0 Å². The molecule has 96 valence electrons. The van der Waals surface area contributed by atoms with Crippen LogP contribution in [0, 0.1) is 0 Å². The van der Waals surface area contributed by atoms with Crippen LogP contribution in [0.4, 0.5) is 0 Å². The van der Waals surface area contributed by atoms with E-state index in [9.17, 15) is 4.79 Å². The number of hydrogen-bond acceptors (Lipinski definition) is 2. The van der Waals surface area contributed by atoms with E-state index in [0.29, 0.717) is 0 Å². The lowest BCUT2D eigenvalue weighted by atomic mass is 9.97. The molecule has 0 unspecified atom stereocenters. The van der Waals surface area contributed by atoms with Gasteiger partial charge in [-0.2, -0.15) is 0 Å². The molecule has 0 radical (unpaired) electrons. The van der Waals surface area contributed by atoms with Crippen LogP contribution in [0.3, 0.4) is 0 Å². The minimum atomic E-state index is 0.0424. The van der Waals surface area contributed by atoms with E-state index in [2.05, 4.69) is 37.0 Å². The minimum absolute atomic E-state index is 0.0424. The van der Waals surface area contributed by atoms with Gasteiger partial charge in [-0.1, -0.05) is 26.0 Å². The van der Waals surface area contributed by atoms with E-state index in [-0.39, 0.29) is 5.78 Å². The maximum absolute atomic E-state index is 11.0. The second-order valence-corrected chi connectivity index (χ2v) is 4.25. The molecule has 0 spiro atoms. The molecule has 0 heterocycles. The van der Waals surface area contributed by atoms with E-state index in [4.69, 9.17) is 0 Å². The fraction of sp³-hybridized carbons (Fsp3) is 0.375. The summed E-state index contributed by atoms with van der Waals surface area (Å²) in [6, 6.07) is 6.48. The Morgan fingerprint density at radius 1 is 1.22 bits per heavy atom. The Labute approximate surface area is 109 Å². The molecule has 0 atom stereocenters. The fourth-order valence-corrected chi connectivity index (χ4v) is 1.87. The normalized spacial score (nSPS) is 12.1. The van der Waals surface area contributed by atoms with E-state index in [1.165, 1.54) is 11.1 Å². The van der Waals surface area contributed by atoms with Crippen LogP contribution >= 0.6 is 0 Å². The van der Waals surface area contributed by atoms with Crippen LogP contribution in [0.25, 0.3) is 0 Å². The van der Waals surface area contributed by atoms with Crippen molar-refractivity contribution in [2.24, 2.45) is 4.99 Å². The first kappa shape index (κ1) is 14.4. The number of benzene rings is 1. The molecule has 0 fully saturated rings. The molecule has 0 amide bonds. The summed E-state index contributed by atoms with van der Waals surface area (Å²) in [5, 5.41) is 0. The van der Waals surface area contributed by atoms with Gasteiger partial charge in [-0.05, 0) is 49.1 Å². The van der Waals surface area contributed by atoms with E-state index in [1.54, 1.807) is 26.1 Å². The number of aliphatic imine (C=N–C) groups is 1. The third-order valence-corrected chi connectivity index (χ3v) is 2.96. The summed E-state index contributed by atoms with van der Waals surface area (Å²) >= 11 is 0. The maximum Gasteiger partial charge on any atom is 0.152 e. The Bertz CT molecular complexity index is 484. The van der Waals surface area contributed by atoms with E-state index in [0.717, 1.165) is 24.1 Å². The lowest BCUT2D eigenvalue weighted by Crippen LogP contribution is -2.04. The highest BCUT2D eigenvalue weighted by atomic mass is 16.1. The standard InChI is InChI=1S/C16H21NO/c1-5-13-8-9-14(6-2)15(11-13)16(17-4)10-7-12(3)18/h7-11H,5-6H2,1-4H3/b10-7-,17-16+. The third kappa shape index (κ3) is 3.66. The van der Waals surface area contributed by atoms with Crippen LogP contribution in [-0.2, 0) is 17.6 Å². The first-order valence-corrected chi connectivity index (χ1v) is 6.39. The number of hydrogen-bond donors (Lipinski definition) is 0. The monoisotopic (exact) mass is 243 g/mol. The minimum Gasteiger partial charge on any atom is -0.295 e. The van der Waals surface area contributed by atoms with Gasteiger partial charge in [-0.3, -0.25) is 9.79 Å². The first-order chi connectivity index (χ1) is 8.62. The molecule has 1 aromatic carbocycles. The molecule has 0 saturated heterocycles. The second kappa shape index (κ2) is 6.90. The van der Waals surface area contributed by atoms with Crippen LogP contribution in [0.1, 0.15) is 37.5 Å². The first-order valence-electron chi connectivity index (χ1n) is 6.39. The largest absolute Gasteiger partial charge is 0.295 e. The molecule has 0 aliphatic rings. The predicted octanol–water partition coefficient (Wildman–Crippen LogP) is 3.38. The molecule has 1 aromatic rings. The van der Waals surface area contributed by atoms with Crippen molar-refractivity contribution in [3.05, 3.63) is 47.0 Å². The average Bonchev–Trinajstić information content (AvgIpc) is 2.38. The van der Waals surface area contributed by atoms with Gasteiger partial charge in [0.15, 0.2) is 5.78 Å². The Morgan fingerprint density at radius 3 is 2.44 bits per heavy atom. The maximum atomic E-state index is 11.0. The van der Waals surface area contributed by atoms with E-state index in [1.807, 2.05) is 0 Å². The highest BCUT2D eigenvalue weighted by Crippen LogP contribution is 2.15. The molecular formula is C16H21NO. The highest BCUT2D eigenvalue weighted by molar-refractivity contribution is 6.12. The smallest absolute Gasteiger partial charge is 0.152 e. The number of ketones is 1. The van der Waals surface area contributed by atoms with Gasteiger partial charge in [0.05, 0.1) is 5.71 Å². The van der Waals surface area contributed by atoms with Crippen molar-refractivity contribution in [2.75, 3.05) is 7.05 Å². The lowest BCUT2D eigenvalue weighted by Gasteiger charge is -2.10. The summed E-state index contributed by atoms with van der Waals surface area (Å²) < 4.78 is 0. The number of aryl methyl sites for hydroxylation is 2. The molecule has 2 nitrogen and oxygen atoms in total. The van der Waals surface area contributed by atoms with Gasteiger partial charge >= 0.3 is 0 Å². The zero-order valence-electron chi connectivity index (χ0n) is 11.7. The van der Waals surface area contributed by atoms with E-state index >= 15 is 0 Å². The van der Waals surface area contributed by atoms with Crippen molar-refractivity contribution in [1.82, 2.24) is 0 Å². The molecule has 1 rings (SSSR count). The summed E-state index contributed by atoms with van der Waals surface area (Å²) in [6.45, 7) is 5.82. The van der Waals surface area contributed by atoms with Crippen LogP contribution < -0.4 is 0 Å². The zero-order chi connectivity index (χ0) is 13.5. The van der Waals surface area contributed by atoms with Crippen LogP contribution in [0.5, 0.6) is 0 Å². The van der Waals surface area contributed by atoms with Crippen molar-refractivity contribution in [3.8, 4) is 0 Å². The van der Waals surface area contributed by atoms with Gasteiger partial charge in [0.2, 0.25) is 0 Å². The van der Waals surface area contributed by atoms with Crippen molar-refractivity contribution in [1.29, 1.82) is 0 Å². The van der Waals surface area contributed by atoms with Gasteiger partial charge in [0.25, 0.3) is 0 Å². The summed E-state index contributed by atoms with van der Waals surface area (Å²) in [5.41, 5.74) is 4.56. The van der Waals surface area contributed by atoms with Gasteiger partial charge in [0.1, 0.15) is 0 Å². The Kier molecular flexibility index (Phi) is 5.50. The van der Waals surface area contributed by atoms with Gasteiger partial charge in [0, 0.05) is 12.6 Å². The third-order valence-electron chi connectivity index (χ3n) is 2.96. The van der Waals surface area contributed by atoms with Crippen molar-refractivity contribution >= 4 is 11.5 Å². The number of carbonyl (C=O) groups is 1. The Hall–Kier alpha value is -1.70. The molecule has 0 aliphatic carbocycles. The topological polar surface area (TPSA) is 29.4 Å². The summed E-state index contributed by atoms with van der Waals surface area (Å²) in [4.78, 5) is 15.3. The van der Waals surface area contributed by atoms with Crippen LogP contribution in [0.15, 0.2) is 35.3 Å². The van der Waals surface area contributed by atoms with Gasteiger partial charge < -0.3 is 0 Å². The Morgan fingerprint density at radius 2 is 1.94 bits per heavy atom. The summed E-state index contributed by atoms with van der Waals surface area (Å²) in [6.07, 6.45) is 5.34. The van der Waals surface area contributed by atoms with Crippen LogP contribution in [0.2, 0.25) is 0 Å². The van der Waals surface area contributed by atoms with E-state index < -0.39 is 0 Å². The predicted molar refractivity (Wildman–Crippen MR) is 77.5 cm³/mol. The molecule has 0 bridgehead atoms. The molecule has 18 heavy (non-hydrogen) atoms. The summed E-state index contributed by atoms with van der Waals surface area (Å²) in [5.74, 6) is 0.0424. The molecule has 0 aromatic heterocycles. The average molecular weight is 243 g/mol. The fourth-order valence-electron chi connectivity index (χ4n) is 1.87. The molecular weight excluding hydrogens is 222 g/mol. The molecule has 2 heteroatoms. The van der Waals surface area contributed by atoms with Crippen molar-refractivity contribution < 1.29 is 4.79 Å². The van der Waals surface area contributed by atoms with Crippen molar-refractivity contribution in [2.45, 2.75) is 33.6 Å². The number of carbonyl (C=O) groups excluding carboxylic acids is 1. The number of rotatable bonds is 5. The SMILES string of the molecule is CCc1ccc(CC)c(C(/C=C\C(C)=O)=N/C)c1.